The van der Waals surface area contributed by atoms with Crippen LogP contribution < -0.4 is 11.1 Å². The second kappa shape index (κ2) is 8.18. The lowest BCUT2D eigenvalue weighted by Crippen LogP contribution is -2.43. The number of aromatic nitrogens is 3. The quantitative estimate of drug-likeness (QED) is 0.810. The van der Waals surface area contributed by atoms with E-state index < -0.39 is 5.54 Å². The third-order valence-electron chi connectivity index (χ3n) is 5.33. The molecule has 3 N–H and O–H groups in total. The van der Waals surface area contributed by atoms with Crippen LogP contribution in [0.2, 0.25) is 0 Å². The van der Waals surface area contributed by atoms with Gasteiger partial charge < -0.3 is 16.0 Å². The van der Waals surface area contributed by atoms with Gasteiger partial charge in [-0.25, -0.2) is 4.79 Å². The molecule has 1 aliphatic heterocycles. The summed E-state index contributed by atoms with van der Waals surface area (Å²) in [5.74, 6) is 0.377. The number of nitrogens with zero attached hydrogens (tertiary/aromatic N) is 4. The number of nitrogens with two attached hydrogens (primary N) is 1. The lowest BCUT2D eigenvalue weighted by molar-refractivity contribution is 0.168. The molecule has 0 bridgehead atoms. The monoisotopic (exact) mass is 376 g/mol. The van der Waals surface area contributed by atoms with E-state index in [-0.39, 0.29) is 6.03 Å². The number of amides is 2. The highest BCUT2D eigenvalue weighted by Crippen LogP contribution is 2.24. The molecule has 0 saturated carbocycles. The molecule has 3 heterocycles. The van der Waals surface area contributed by atoms with Gasteiger partial charge in [-0.3, -0.25) is 4.68 Å². The van der Waals surface area contributed by atoms with Gasteiger partial charge in [-0.1, -0.05) is 19.1 Å². The molecule has 2 amide bonds. The Kier molecular flexibility index (Phi) is 5.93. The molecule has 0 aliphatic carbocycles. The van der Waals surface area contributed by atoms with Crippen LogP contribution in [0.3, 0.4) is 0 Å². The third kappa shape index (κ3) is 4.24. The minimum Gasteiger partial charge on any atom is -0.324 e. The SMILES string of the molecule is CCC(N)(CC)c1cn(C[C@@H]2CCCN(C(=O)Nc3ccsc3)C2)nn1. The number of piperidine rings is 1. The standard InChI is InChI=1S/C18H28N6OS/c1-3-18(19,4-2)16-12-24(22-21-16)11-14-6-5-8-23(10-14)17(25)20-15-7-9-26-13-15/h7,9,12-14H,3-6,8,10-11,19H2,1-2H3,(H,20,25)/t14-/m1/s1. The Morgan fingerprint density at radius 2 is 2.27 bits per heavy atom. The first-order valence-corrected chi connectivity index (χ1v) is 10.3. The van der Waals surface area contributed by atoms with Crippen LogP contribution in [-0.4, -0.2) is 39.0 Å². The van der Waals surface area contributed by atoms with Gasteiger partial charge in [0.1, 0.15) is 5.69 Å². The smallest absolute Gasteiger partial charge is 0.321 e. The molecular weight excluding hydrogens is 348 g/mol. The van der Waals surface area contributed by atoms with E-state index >= 15 is 0 Å². The van der Waals surface area contributed by atoms with Crippen molar-refractivity contribution >= 4 is 23.1 Å². The fourth-order valence-electron chi connectivity index (χ4n) is 3.43. The Bertz CT molecular complexity index is 709. The summed E-state index contributed by atoms with van der Waals surface area (Å²) in [4.78, 5) is 14.3. The van der Waals surface area contributed by atoms with Gasteiger partial charge in [-0.15, -0.1) is 5.10 Å². The lowest BCUT2D eigenvalue weighted by Gasteiger charge is -2.32. The van der Waals surface area contributed by atoms with Crippen molar-refractivity contribution in [2.24, 2.45) is 11.7 Å². The number of hydrogen-bond acceptors (Lipinski definition) is 5. The number of thiophene rings is 1. The second-order valence-electron chi connectivity index (χ2n) is 7.09. The zero-order valence-corrected chi connectivity index (χ0v) is 16.3. The van der Waals surface area contributed by atoms with Crippen molar-refractivity contribution in [2.45, 2.75) is 51.6 Å². The van der Waals surface area contributed by atoms with Crippen molar-refractivity contribution in [2.75, 3.05) is 18.4 Å². The third-order valence-corrected chi connectivity index (χ3v) is 6.02. The first-order chi connectivity index (χ1) is 12.5. The number of hydrogen-bond donors (Lipinski definition) is 2. The van der Waals surface area contributed by atoms with E-state index in [1.165, 1.54) is 0 Å². The van der Waals surface area contributed by atoms with Crippen LogP contribution in [-0.2, 0) is 12.1 Å². The predicted molar refractivity (Wildman–Crippen MR) is 104 cm³/mol. The molecular formula is C18H28N6OS. The molecule has 1 fully saturated rings. The highest BCUT2D eigenvalue weighted by Gasteiger charge is 2.28. The summed E-state index contributed by atoms with van der Waals surface area (Å²) in [6.07, 6.45) is 5.74. The minimum atomic E-state index is -0.405. The Morgan fingerprint density at radius 3 is 2.96 bits per heavy atom. The van der Waals surface area contributed by atoms with E-state index in [1.807, 2.05) is 32.6 Å². The number of carbonyl (C=O) groups excluding carboxylic acids is 1. The molecule has 0 spiro atoms. The normalized spacial score (nSPS) is 18.1. The zero-order valence-electron chi connectivity index (χ0n) is 15.5. The van der Waals surface area contributed by atoms with Crippen molar-refractivity contribution in [1.82, 2.24) is 19.9 Å². The first-order valence-electron chi connectivity index (χ1n) is 9.31. The van der Waals surface area contributed by atoms with Crippen molar-refractivity contribution in [3.63, 3.8) is 0 Å². The van der Waals surface area contributed by atoms with Gasteiger partial charge in [-0.2, -0.15) is 11.3 Å². The summed E-state index contributed by atoms with van der Waals surface area (Å²) >= 11 is 1.58. The summed E-state index contributed by atoms with van der Waals surface area (Å²) < 4.78 is 1.88. The number of rotatable bonds is 6. The van der Waals surface area contributed by atoms with Gasteiger partial charge >= 0.3 is 6.03 Å². The largest absolute Gasteiger partial charge is 0.324 e. The average molecular weight is 377 g/mol. The number of nitrogens with one attached hydrogen (secondary N) is 1. The first kappa shape index (κ1) is 18.8. The van der Waals surface area contributed by atoms with Crippen LogP contribution in [0.4, 0.5) is 10.5 Å². The summed E-state index contributed by atoms with van der Waals surface area (Å²) in [6.45, 7) is 6.45. The molecule has 2 aromatic heterocycles. The fraction of sp³-hybridized carbons (Fsp3) is 0.611. The molecule has 1 saturated heterocycles. The van der Waals surface area contributed by atoms with Gasteiger partial charge in [0.15, 0.2) is 0 Å². The summed E-state index contributed by atoms with van der Waals surface area (Å²) in [5, 5.41) is 15.4. The summed E-state index contributed by atoms with van der Waals surface area (Å²) in [5.41, 5.74) is 7.72. The van der Waals surface area contributed by atoms with Crippen LogP contribution >= 0.6 is 11.3 Å². The van der Waals surface area contributed by atoms with E-state index in [2.05, 4.69) is 29.5 Å². The topological polar surface area (TPSA) is 89.1 Å². The molecule has 1 atom stereocenters. The van der Waals surface area contributed by atoms with Crippen molar-refractivity contribution in [3.05, 3.63) is 28.7 Å². The lowest BCUT2D eigenvalue weighted by atomic mass is 9.91. The van der Waals surface area contributed by atoms with Gasteiger partial charge in [0.05, 0.1) is 17.4 Å². The molecule has 7 nitrogen and oxygen atoms in total. The molecule has 3 rings (SSSR count). The van der Waals surface area contributed by atoms with Crippen LogP contribution in [0.5, 0.6) is 0 Å². The molecule has 8 heteroatoms. The molecule has 1 aliphatic rings. The second-order valence-corrected chi connectivity index (χ2v) is 7.87. The minimum absolute atomic E-state index is 0.0229. The van der Waals surface area contributed by atoms with Crippen molar-refractivity contribution in [1.29, 1.82) is 0 Å². The van der Waals surface area contributed by atoms with Gasteiger partial charge in [0.25, 0.3) is 0 Å². The van der Waals surface area contributed by atoms with E-state index in [0.29, 0.717) is 5.92 Å². The van der Waals surface area contributed by atoms with Crippen LogP contribution in [0, 0.1) is 5.92 Å². The number of anilines is 1. The van der Waals surface area contributed by atoms with Crippen LogP contribution in [0.15, 0.2) is 23.0 Å². The molecule has 0 aromatic carbocycles. The van der Waals surface area contributed by atoms with Crippen LogP contribution in [0.25, 0.3) is 0 Å². The van der Waals surface area contributed by atoms with Crippen molar-refractivity contribution < 1.29 is 4.79 Å². The van der Waals surface area contributed by atoms with Crippen LogP contribution in [0.1, 0.15) is 45.2 Å². The zero-order chi connectivity index (χ0) is 18.6. The van der Waals surface area contributed by atoms with Gasteiger partial charge in [0, 0.05) is 25.0 Å². The number of urea groups is 1. The Morgan fingerprint density at radius 1 is 1.46 bits per heavy atom. The van der Waals surface area contributed by atoms with E-state index in [1.54, 1.807) is 11.3 Å². The van der Waals surface area contributed by atoms with Gasteiger partial charge in [0.2, 0.25) is 0 Å². The Balaban J connectivity index is 1.58. The highest BCUT2D eigenvalue weighted by atomic mass is 32.1. The molecule has 0 unspecified atom stereocenters. The molecule has 2 aromatic rings. The number of likely N-dealkylation sites (tertiary alicyclic amines) is 1. The Hall–Kier alpha value is -1.93. The highest BCUT2D eigenvalue weighted by molar-refractivity contribution is 7.08. The summed E-state index contributed by atoms with van der Waals surface area (Å²) in [6, 6.07) is 1.90. The Labute approximate surface area is 158 Å². The molecule has 26 heavy (non-hydrogen) atoms. The van der Waals surface area contributed by atoms with Crippen molar-refractivity contribution in [3.8, 4) is 0 Å². The maximum Gasteiger partial charge on any atom is 0.321 e. The predicted octanol–water partition coefficient (Wildman–Crippen LogP) is 3.26. The maximum atomic E-state index is 12.4. The maximum absolute atomic E-state index is 12.4. The average Bonchev–Trinajstić information content (AvgIpc) is 3.33. The van der Waals surface area contributed by atoms with E-state index in [4.69, 9.17) is 5.73 Å². The number of carbonyl (C=O) groups is 1. The summed E-state index contributed by atoms with van der Waals surface area (Å²) in [7, 11) is 0. The molecule has 0 radical (unpaired) electrons. The fourth-order valence-corrected chi connectivity index (χ4v) is 4.02. The van der Waals surface area contributed by atoms with E-state index in [9.17, 15) is 4.79 Å². The van der Waals surface area contributed by atoms with E-state index in [0.717, 1.165) is 56.7 Å². The van der Waals surface area contributed by atoms with Gasteiger partial charge in [-0.05, 0) is 43.0 Å². The molecule has 142 valence electrons.